The Bertz CT molecular complexity index is 823. The van der Waals surface area contributed by atoms with Crippen LogP contribution in [0, 0.1) is 13.8 Å². The number of aromatic amines is 2. The number of hydrogen-bond acceptors (Lipinski definition) is 4. The highest BCUT2D eigenvalue weighted by atomic mass is 32.1. The number of fused-ring (bicyclic) bond motifs is 1. The zero-order valence-electron chi connectivity index (χ0n) is 11.1. The van der Waals surface area contributed by atoms with Gasteiger partial charge >= 0.3 is 0 Å². The largest absolute Gasteiger partial charge is 0.357 e. The van der Waals surface area contributed by atoms with Crippen LogP contribution in [0.5, 0.6) is 0 Å². The summed E-state index contributed by atoms with van der Waals surface area (Å²) in [6.45, 7) is 4.02. The third kappa shape index (κ3) is 2.02. The first-order chi connectivity index (χ1) is 9.58. The van der Waals surface area contributed by atoms with Crippen LogP contribution in [0.4, 0.5) is 0 Å². The number of hydrogen-bond donors (Lipinski definition) is 3. The fourth-order valence-corrected chi connectivity index (χ4v) is 2.49. The minimum absolute atomic E-state index is 0.0181. The lowest BCUT2D eigenvalue weighted by atomic mass is 10.0. The van der Waals surface area contributed by atoms with Gasteiger partial charge in [0.1, 0.15) is 17.4 Å². The van der Waals surface area contributed by atoms with Gasteiger partial charge in [-0.2, -0.15) is 17.7 Å². The van der Waals surface area contributed by atoms with Crippen LogP contribution >= 0.6 is 12.6 Å². The lowest BCUT2D eigenvalue weighted by Crippen LogP contribution is -2.09. The highest BCUT2D eigenvalue weighted by Gasteiger charge is 2.15. The van der Waals surface area contributed by atoms with Crippen LogP contribution in [0.25, 0.3) is 10.9 Å². The van der Waals surface area contributed by atoms with Gasteiger partial charge in [-0.15, -0.1) is 0 Å². The molecule has 3 aromatic rings. The third-order valence-corrected chi connectivity index (χ3v) is 4.07. The molecule has 2 aromatic heterocycles. The van der Waals surface area contributed by atoms with E-state index in [-0.39, 0.29) is 10.7 Å². The molecule has 2 heterocycles. The molecule has 2 N–H and O–H groups in total. The molecule has 1 aromatic carbocycles. The Kier molecular flexibility index (Phi) is 3.10. The van der Waals surface area contributed by atoms with Gasteiger partial charge in [0.05, 0.1) is 5.52 Å². The Labute approximate surface area is 120 Å². The van der Waals surface area contributed by atoms with Crippen molar-refractivity contribution in [3.8, 4) is 0 Å². The van der Waals surface area contributed by atoms with Crippen molar-refractivity contribution in [2.75, 3.05) is 0 Å². The van der Waals surface area contributed by atoms with Crippen LogP contribution in [0.1, 0.15) is 27.9 Å². The van der Waals surface area contributed by atoms with Crippen LogP contribution in [0.3, 0.4) is 0 Å². The summed E-state index contributed by atoms with van der Waals surface area (Å²) in [5.41, 5.74) is 3.75. The van der Waals surface area contributed by atoms with Gasteiger partial charge in [-0.25, -0.2) is 4.98 Å². The standard InChI is InChI=1S/C14H14N4OS/c1-7-3-4-9-11(19)5-10(17-12(9)8(7)2)13(20)14-15-6-16-18-14/h3-6,13,20H,1-2H3,(H,17,19)(H,15,16,18). The summed E-state index contributed by atoms with van der Waals surface area (Å²) in [4.78, 5) is 19.6. The molecule has 3 rings (SSSR count). The Morgan fingerprint density at radius 2 is 2.10 bits per heavy atom. The molecule has 102 valence electrons. The van der Waals surface area contributed by atoms with Crippen molar-refractivity contribution in [1.29, 1.82) is 0 Å². The van der Waals surface area contributed by atoms with E-state index in [0.717, 1.165) is 16.6 Å². The molecule has 20 heavy (non-hydrogen) atoms. The number of H-pyrrole nitrogens is 2. The number of nitrogens with zero attached hydrogens (tertiary/aromatic N) is 2. The molecule has 0 radical (unpaired) electrons. The highest BCUT2D eigenvalue weighted by Crippen LogP contribution is 2.25. The summed E-state index contributed by atoms with van der Waals surface area (Å²) in [6.07, 6.45) is 1.42. The van der Waals surface area contributed by atoms with E-state index < -0.39 is 0 Å². The van der Waals surface area contributed by atoms with Gasteiger partial charge in [-0.3, -0.25) is 9.89 Å². The Hall–Kier alpha value is -2.08. The van der Waals surface area contributed by atoms with Gasteiger partial charge < -0.3 is 4.98 Å². The molecule has 0 saturated carbocycles. The first-order valence-electron chi connectivity index (χ1n) is 6.24. The van der Waals surface area contributed by atoms with Crippen molar-refractivity contribution in [2.45, 2.75) is 19.1 Å². The normalized spacial score (nSPS) is 12.8. The molecule has 0 amide bonds. The molecule has 1 unspecified atom stereocenters. The lowest BCUT2D eigenvalue weighted by molar-refractivity contribution is 0.933. The number of aryl methyl sites for hydroxylation is 2. The van der Waals surface area contributed by atoms with Gasteiger partial charge in [0, 0.05) is 17.1 Å². The molecule has 0 spiro atoms. The van der Waals surface area contributed by atoms with Crippen molar-refractivity contribution in [3.05, 3.63) is 57.4 Å². The zero-order chi connectivity index (χ0) is 14.3. The molecule has 0 aliphatic rings. The van der Waals surface area contributed by atoms with Crippen molar-refractivity contribution >= 4 is 23.5 Å². The minimum atomic E-state index is -0.338. The van der Waals surface area contributed by atoms with E-state index in [2.05, 4.69) is 32.8 Å². The predicted octanol–water partition coefficient (Wildman–Crippen LogP) is 2.28. The van der Waals surface area contributed by atoms with Gasteiger partial charge in [0.25, 0.3) is 0 Å². The first-order valence-corrected chi connectivity index (χ1v) is 6.76. The number of benzene rings is 1. The average molecular weight is 286 g/mol. The van der Waals surface area contributed by atoms with Crippen molar-refractivity contribution in [1.82, 2.24) is 20.2 Å². The Balaban J connectivity index is 2.24. The summed E-state index contributed by atoms with van der Waals surface area (Å²) in [5.74, 6) is 0.605. The number of thiol groups is 1. The molecule has 0 fully saturated rings. The maximum absolute atomic E-state index is 12.2. The second kappa shape index (κ2) is 4.79. The maximum Gasteiger partial charge on any atom is 0.189 e. The van der Waals surface area contributed by atoms with E-state index in [0.29, 0.717) is 16.9 Å². The molecule has 0 aliphatic carbocycles. The number of nitrogens with one attached hydrogen (secondary N) is 2. The number of pyridine rings is 1. The maximum atomic E-state index is 12.2. The van der Waals surface area contributed by atoms with Crippen LogP contribution in [-0.4, -0.2) is 20.2 Å². The van der Waals surface area contributed by atoms with Crippen LogP contribution < -0.4 is 5.43 Å². The van der Waals surface area contributed by atoms with Crippen LogP contribution in [-0.2, 0) is 0 Å². The SMILES string of the molecule is Cc1ccc2c(=O)cc(C(S)c3ncn[nH]3)[nH]c2c1C. The third-order valence-electron chi connectivity index (χ3n) is 3.54. The van der Waals surface area contributed by atoms with Crippen molar-refractivity contribution < 1.29 is 0 Å². The van der Waals surface area contributed by atoms with Crippen molar-refractivity contribution in [2.24, 2.45) is 0 Å². The van der Waals surface area contributed by atoms with Crippen LogP contribution in [0.15, 0.2) is 29.3 Å². The molecular weight excluding hydrogens is 272 g/mol. The Morgan fingerprint density at radius 3 is 2.80 bits per heavy atom. The van der Waals surface area contributed by atoms with Gasteiger partial charge in [-0.1, -0.05) is 6.07 Å². The zero-order valence-corrected chi connectivity index (χ0v) is 12.0. The second-order valence-corrected chi connectivity index (χ2v) is 5.31. The summed E-state index contributed by atoms with van der Waals surface area (Å²) in [6, 6.07) is 5.38. The highest BCUT2D eigenvalue weighted by molar-refractivity contribution is 7.80. The first kappa shape index (κ1) is 12.9. The van der Waals surface area contributed by atoms with E-state index in [9.17, 15) is 4.79 Å². The monoisotopic (exact) mass is 286 g/mol. The van der Waals surface area contributed by atoms with Gasteiger partial charge in [0.15, 0.2) is 5.43 Å². The molecule has 5 nitrogen and oxygen atoms in total. The quantitative estimate of drug-likeness (QED) is 0.633. The van der Waals surface area contributed by atoms with E-state index in [1.807, 2.05) is 26.0 Å². The van der Waals surface area contributed by atoms with Crippen molar-refractivity contribution in [3.63, 3.8) is 0 Å². The smallest absolute Gasteiger partial charge is 0.189 e. The van der Waals surface area contributed by atoms with Gasteiger partial charge in [-0.05, 0) is 31.0 Å². The van der Waals surface area contributed by atoms with E-state index >= 15 is 0 Å². The topological polar surface area (TPSA) is 74.4 Å². The molecule has 0 bridgehead atoms. The summed E-state index contributed by atoms with van der Waals surface area (Å²) < 4.78 is 0. The summed E-state index contributed by atoms with van der Waals surface area (Å²) in [7, 11) is 0. The summed E-state index contributed by atoms with van der Waals surface area (Å²) in [5, 5.41) is 6.93. The summed E-state index contributed by atoms with van der Waals surface area (Å²) >= 11 is 4.50. The van der Waals surface area contributed by atoms with E-state index in [1.165, 1.54) is 6.33 Å². The second-order valence-electron chi connectivity index (χ2n) is 4.79. The lowest BCUT2D eigenvalue weighted by Gasteiger charge is -2.11. The molecular formula is C14H14N4OS. The van der Waals surface area contributed by atoms with Gasteiger partial charge in [0.2, 0.25) is 0 Å². The molecule has 0 saturated heterocycles. The molecule has 1 atom stereocenters. The van der Waals surface area contributed by atoms with Crippen LogP contribution in [0.2, 0.25) is 0 Å². The minimum Gasteiger partial charge on any atom is -0.357 e. The number of rotatable bonds is 2. The average Bonchev–Trinajstić information content (AvgIpc) is 2.96. The molecule has 0 aliphatic heterocycles. The van der Waals surface area contributed by atoms with E-state index in [4.69, 9.17) is 0 Å². The number of aromatic nitrogens is 4. The van der Waals surface area contributed by atoms with E-state index in [1.54, 1.807) is 6.07 Å². The predicted molar refractivity (Wildman–Crippen MR) is 81.3 cm³/mol. The Morgan fingerprint density at radius 1 is 1.30 bits per heavy atom. The molecule has 6 heteroatoms. The fourth-order valence-electron chi connectivity index (χ4n) is 2.22. The fraction of sp³-hybridized carbons (Fsp3) is 0.214.